The van der Waals surface area contributed by atoms with Crippen molar-refractivity contribution in [1.29, 1.82) is 4.78 Å². The van der Waals surface area contributed by atoms with Crippen LogP contribution in [0.4, 0.5) is 28.9 Å². The second-order valence-electron chi connectivity index (χ2n) is 10.1. The van der Waals surface area contributed by atoms with Gasteiger partial charge in [0, 0.05) is 58.4 Å². The Hall–Kier alpha value is -3.22. The van der Waals surface area contributed by atoms with Crippen LogP contribution < -0.4 is 4.90 Å². The summed E-state index contributed by atoms with van der Waals surface area (Å²) in [5, 5.41) is 3.92. The van der Waals surface area contributed by atoms with Crippen LogP contribution in [0.15, 0.2) is 36.5 Å². The van der Waals surface area contributed by atoms with Crippen LogP contribution in [-0.4, -0.2) is 60.9 Å². The first-order chi connectivity index (χ1) is 17.9. The van der Waals surface area contributed by atoms with Gasteiger partial charge in [-0.2, -0.15) is 17.6 Å². The van der Waals surface area contributed by atoms with Crippen molar-refractivity contribution in [1.82, 2.24) is 19.5 Å². The minimum atomic E-state index is -4.71. The molecule has 2 aromatic heterocycles. The lowest BCUT2D eigenvalue weighted by Gasteiger charge is -2.35. The van der Waals surface area contributed by atoms with Crippen molar-refractivity contribution in [3.8, 4) is 0 Å². The van der Waals surface area contributed by atoms with Crippen molar-refractivity contribution in [2.75, 3.05) is 30.0 Å². The molecular weight excluding hydrogens is 524 g/mol. The molecule has 0 radical (unpaired) electrons. The maximum atomic E-state index is 14.2. The molecule has 1 N–H and O–H groups in total. The zero-order chi connectivity index (χ0) is 27.4. The van der Waals surface area contributed by atoms with E-state index in [0.717, 1.165) is 24.1 Å². The maximum absolute atomic E-state index is 14.2. The minimum absolute atomic E-state index is 0.0187. The summed E-state index contributed by atoms with van der Waals surface area (Å²) in [6.45, 7) is 2.60. The van der Waals surface area contributed by atoms with Gasteiger partial charge < -0.3 is 9.80 Å². The number of hydrogen-bond acceptors (Lipinski definition) is 6. The highest BCUT2D eigenvalue weighted by molar-refractivity contribution is 7.92. The van der Waals surface area contributed by atoms with Crippen LogP contribution in [0.2, 0.25) is 0 Å². The topological polar surface area (TPSA) is 94.7 Å². The highest BCUT2D eigenvalue weighted by Gasteiger charge is 2.46. The number of fused-ring (bicyclic) bond motifs is 3. The van der Waals surface area contributed by atoms with E-state index in [1.165, 1.54) is 22.7 Å². The fourth-order valence-corrected chi connectivity index (χ4v) is 7.01. The Balaban J connectivity index is 1.43. The molecule has 2 atom stereocenters. The Morgan fingerprint density at radius 2 is 1.84 bits per heavy atom. The molecule has 2 aliphatic heterocycles. The third kappa shape index (κ3) is 4.83. The molecule has 8 nitrogen and oxygen atoms in total. The third-order valence-corrected chi connectivity index (χ3v) is 9.31. The summed E-state index contributed by atoms with van der Waals surface area (Å²) in [5.74, 6) is -1.88. The van der Waals surface area contributed by atoms with Crippen molar-refractivity contribution in [3.63, 3.8) is 0 Å². The van der Waals surface area contributed by atoms with E-state index in [-0.39, 0.29) is 35.8 Å². The van der Waals surface area contributed by atoms with Gasteiger partial charge in [0.05, 0.1) is 17.6 Å². The van der Waals surface area contributed by atoms with Gasteiger partial charge in [-0.25, -0.2) is 13.7 Å². The first-order valence-corrected chi connectivity index (χ1v) is 14.2. The largest absolute Gasteiger partial charge is 0.413 e. The predicted molar refractivity (Wildman–Crippen MR) is 134 cm³/mol. The predicted octanol–water partition coefficient (Wildman–Crippen LogP) is 5.03. The first kappa shape index (κ1) is 26.4. The van der Waals surface area contributed by atoms with Crippen LogP contribution in [0.5, 0.6) is 0 Å². The molecule has 4 heterocycles. The van der Waals surface area contributed by atoms with Gasteiger partial charge in [-0.1, -0.05) is 19.1 Å². The number of amides is 1. The van der Waals surface area contributed by atoms with Gasteiger partial charge >= 0.3 is 6.18 Å². The number of nitrogens with one attached hydrogen (secondary N) is 1. The number of aromatic nitrogens is 3. The number of benzene rings is 1. The maximum Gasteiger partial charge on any atom is 0.413 e. The normalized spacial score (nSPS) is 24.7. The molecule has 13 heteroatoms. The van der Waals surface area contributed by atoms with Crippen molar-refractivity contribution in [3.05, 3.63) is 53.7 Å². The molecule has 0 saturated carbocycles. The van der Waals surface area contributed by atoms with Crippen LogP contribution in [0.25, 0.3) is 5.65 Å². The first-order valence-electron chi connectivity index (χ1n) is 12.3. The van der Waals surface area contributed by atoms with E-state index in [2.05, 4.69) is 10.1 Å². The summed E-state index contributed by atoms with van der Waals surface area (Å²) in [4.78, 5) is 19.9. The van der Waals surface area contributed by atoms with Crippen LogP contribution in [0.3, 0.4) is 0 Å². The van der Waals surface area contributed by atoms with E-state index in [1.54, 1.807) is 18.3 Å². The molecule has 2 aliphatic rings. The average Bonchev–Trinajstić information content (AvgIpc) is 3.24. The van der Waals surface area contributed by atoms with E-state index in [1.807, 2.05) is 11.8 Å². The summed E-state index contributed by atoms with van der Waals surface area (Å²) < 4.78 is 77.5. The van der Waals surface area contributed by atoms with Crippen molar-refractivity contribution < 1.29 is 26.6 Å². The van der Waals surface area contributed by atoms with Crippen LogP contribution in [0, 0.1) is 16.6 Å². The van der Waals surface area contributed by atoms with E-state index >= 15 is 0 Å². The Bertz CT molecular complexity index is 1460. The van der Waals surface area contributed by atoms with Gasteiger partial charge in [0.2, 0.25) is 11.9 Å². The molecule has 0 aliphatic carbocycles. The number of alkyl halides is 3. The third-order valence-electron chi connectivity index (χ3n) is 7.52. The van der Waals surface area contributed by atoms with Gasteiger partial charge in [0.1, 0.15) is 0 Å². The van der Waals surface area contributed by atoms with Crippen molar-refractivity contribution in [2.24, 2.45) is 5.92 Å². The lowest BCUT2D eigenvalue weighted by molar-refractivity contribution is -0.190. The molecule has 0 bridgehead atoms. The molecule has 3 aromatic rings. The number of rotatable bonds is 4. The number of halogens is 4. The van der Waals surface area contributed by atoms with Crippen LogP contribution >= 0.6 is 0 Å². The van der Waals surface area contributed by atoms with Gasteiger partial charge in [-0.05, 0) is 37.0 Å². The Kier molecular flexibility index (Phi) is 6.60. The van der Waals surface area contributed by atoms with Crippen LogP contribution in [-0.2, 0) is 14.5 Å². The Labute approximate surface area is 217 Å². The average molecular weight is 553 g/mol. The van der Waals surface area contributed by atoms with E-state index < -0.39 is 39.7 Å². The quantitative estimate of drug-likeness (QED) is 0.458. The monoisotopic (exact) mass is 552 g/mol. The number of carbonyl (C=O) groups excluding carboxylic acids is 1. The minimum Gasteiger partial charge on any atom is -0.339 e. The number of hydrogen-bond donors (Lipinski definition) is 1. The molecule has 204 valence electrons. The molecule has 1 aromatic carbocycles. The number of carbonyl (C=O) groups is 1. The van der Waals surface area contributed by atoms with Gasteiger partial charge in [-0.15, -0.1) is 5.10 Å². The van der Waals surface area contributed by atoms with Crippen LogP contribution in [0.1, 0.15) is 49.4 Å². The highest BCUT2D eigenvalue weighted by atomic mass is 32.2. The van der Waals surface area contributed by atoms with E-state index in [4.69, 9.17) is 4.78 Å². The number of nitrogens with zero attached hydrogens (tertiary/aromatic N) is 5. The molecule has 0 spiro atoms. The molecule has 1 amide bonds. The summed E-state index contributed by atoms with van der Waals surface area (Å²) in [6.07, 6.45) is -2.08. The fourth-order valence-electron chi connectivity index (χ4n) is 5.47. The SMILES string of the molecule is C[C@@H]1CCN(c2ccc([C@H](N(C)C(=O)C3CCS(=N)(=O)CC3)C(F)(F)F)cc2)c2cnc3cc(F)nn3c21. The Morgan fingerprint density at radius 1 is 1.18 bits per heavy atom. The van der Waals surface area contributed by atoms with E-state index in [9.17, 15) is 26.6 Å². The summed E-state index contributed by atoms with van der Waals surface area (Å²) >= 11 is 0. The second-order valence-corrected chi connectivity index (χ2v) is 12.5. The fraction of sp³-hybridized carbons (Fsp3) is 0.480. The second kappa shape index (κ2) is 9.51. The number of anilines is 2. The van der Waals surface area contributed by atoms with Crippen molar-refractivity contribution in [2.45, 2.75) is 44.3 Å². The van der Waals surface area contributed by atoms with E-state index in [0.29, 0.717) is 23.6 Å². The summed E-state index contributed by atoms with van der Waals surface area (Å²) in [6, 6.07) is 4.99. The molecular formula is C25H28F4N6O2S. The molecule has 1 saturated heterocycles. The standard InChI is InChI=1S/C25H28F4N6O2S/c1-15-7-10-34(19-14-31-21-13-20(26)32-35(21)22(15)19)18-5-3-16(4-6-18)23(25(27,28)29)33(2)24(36)17-8-11-38(30,37)12-9-17/h3-6,13-15,17,23,30H,7-12H2,1-2H3/t15-,17?,23+,38?/m1/s1. The zero-order valence-corrected chi connectivity index (χ0v) is 21.7. The Morgan fingerprint density at radius 3 is 2.47 bits per heavy atom. The van der Waals surface area contributed by atoms with Gasteiger partial charge in [0.25, 0.3) is 0 Å². The zero-order valence-electron chi connectivity index (χ0n) is 20.9. The summed E-state index contributed by atoms with van der Waals surface area (Å²) in [5.41, 5.74) is 2.43. The molecule has 0 unspecified atom stereocenters. The van der Waals surface area contributed by atoms with Gasteiger partial charge in [0.15, 0.2) is 11.7 Å². The van der Waals surface area contributed by atoms with Gasteiger partial charge in [-0.3, -0.25) is 9.57 Å². The lowest BCUT2D eigenvalue weighted by Crippen LogP contribution is -2.44. The lowest BCUT2D eigenvalue weighted by atomic mass is 9.95. The molecule has 38 heavy (non-hydrogen) atoms. The molecule has 5 rings (SSSR count). The smallest absolute Gasteiger partial charge is 0.339 e. The van der Waals surface area contributed by atoms with Crippen molar-refractivity contribution >= 4 is 32.7 Å². The highest BCUT2D eigenvalue weighted by Crippen LogP contribution is 2.42. The molecule has 1 fully saturated rings. The summed E-state index contributed by atoms with van der Waals surface area (Å²) in [7, 11) is -1.61.